The Balaban J connectivity index is 1.69. The van der Waals surface area contributed by atoms with Gasteiger partial charge in [-0.25, -0.2) is 0 Å². The minimum absolute atomic E-state index is 0.240. The van der Waals surface area contributed by atoms with Gasteiger partial charge in [-0.15, -0.1) is 0 Å². The summed E-state index contributed by atoms with van der Waals surface area (Å²) < 4.78 is 6.72. The maximum atomic E-state index is 12.1. The molecule has 0 aliphatic carbocycles. The summed E-state index contributed by atoms with van der Waals surface area (Å²) in [4.78, 5) is 12.1. The molecule has 0 radical (unpaired) electrons. The third-order valence-electron chi connectivity index (χ3n) is 3.60. The molecule has 1 aromatic heterocycles. The number of anilines is 1. The van der Waals surface area contributed by atoms with Crippen molar-refractivity contribution in [2.45, 2.75) is 6.92 Å². The van der Waals surface area contributed by atoms with Gasteiger partial charge in [0.25, 0.3) is 0 Å². The molecule has 3 rings (SSSR count). The minimum atomic E-state index is -0.240. The second kappa shape index (κ2) is 8.12. The van der Waals surface area contributed by atoms with E-state index in [9.17, 15) is 4.79 Å². The summed E-state index contributed by atoms with van der Waals surface area (Å²) in [5.74, 6) is 0.937. The lowest BCUT2D eigenvalue weighted by Gasteiger charge is -2.04. The molecule has 0 atom stereocenters. The molecule has 0 saturated carbocycles. The Morgan fingerprint density at radius 3 is 2.50 bits per heavy atom. The van der Waals surface area contributed by atoms with Crippen LogP contribution < -0.4 is 5.32 Å². The molecule has 132 valence electrons. The van der Waals surface area contributed by atoms with Crippen molar-refractivity contribution in [3.05, 3.63) is 80.4 Å². The van der Waals surface area contributed by atoms with Crippen LogP contribution in [-0.4, -0.2) is 5.91 Å². The first kappa shape index (κ1) is 18.8. The molecule has 1 heterocycles. The average molecular weight is 451 g/mol. The first-order chi connectivity index (χ1) is 12.4. The van der Waals surface area contributed by atoms with Crippen LogP contribution in [-0.2, 0) is 4.79 Å². The van der Waals surface area contributed by atoms with Crippen LogP contribution in [0.2, 0.25) is 10.0 Å². The molecule has 6 heteroatoms. The number of hydrogen-bond acceptors (Lipinski definition) is 2. The maximum absolute atomic E-state index is 12.1. The number of carbonyl (C=O) groups excluding carboxylic acids is 1. The zero-order valence-corrected chi connectivity index (χ0v) is 16.8. The quantitative estimate of drug-likeness (QED) is 0.435. The van der Waals surface area contributed by atoms with Gasteiger partial charge in [0, 0.05) is 31.8 Å². The van der Waals surface area contributed by atoms with Crippen LogP contribution in [0.15, 0.2) is 63.5 Å². The van der Waals surface area contributed by atoms with E-state index in [1.54, 1.807) is 36.4 Å². The van der Waals surface area contributed by atoms with Gasteiger partial charge in [-0.2, -0.15) is 0 Å². The lowest BCUT2D eigenvalue weighted by Crippen LogP contribution is -2.07. The van der Waals surface area contributed by atoms with E-state index in [2.05, 4.69) is 21.2 Å². The number of halogens is 3. The van der Waals surface area contributed by atoms with Gasteiger partial charge in [0.15, 0.2) is 0 Å². The number of rotatable bonds is 4. The smallest absolute Gasteiger partial charge is 0.248 e. The standard InChI is InChI=1S/C20H14BrCl2NO2/c1-12-8-16(2-5-18(12)21)24-20(25)7-4-17-3-6-19(26-17)13-9-14(22)11-15(23)10-13/h2-11H,1H3,(H,24,25)/b7-4+. The van der Waals surface area contributed by atoms with Crippen molar-refractivity contribution in [3.8, 4) is 11.3 Å². The van der Waals surface area contributed by atoms with Crippen molar-refractivity contribution in [2.75, 3.05) is 5.32 Å². The summed E-state index contributed by atoms with van der Waals surface area (Å²) in [5.41, 5.74) is 2.55. The van der Waals surface area contributed by atoms with Gasteiger partial charge < -0.3 is 9.73 Å². The van der Waals surface area contributed by atoms with E-state index in [-0.39, 0.29) is 5.91 Å². The second-order valence-corrected chi connectivity index (χ2v) is 7.37. The van der Waals surface area contributed by atoms with Crippen LogP contribution in [0, 0.1) is 6.92 Å². The Labute approximate surface area is 169 Å². The average Bonchev–Trinajstić information content (AvgIpc) is 3.05. The molecule has 0 fully saturated rings. The molecule has 26 heavy (non-hydrogen) atoms. The van der Waals surface area contributed by atoms with Crippen LogP contribution >= 0.6 is 39.1 Å². The molecule has 3 aromatic rings. The van der Waals surface area contributed by atoms with E-state index in [0.29, 0.717) is 21.6 Å². The normalized spacial score (nSPS) is 11.1. The summed E-state index contributed by atoms with van der Waals surface area (Å²) in [7, 11) is 0. The van der Waals surface area contributed by atoms with Crippen LogP contribution in [0.5, 0.6) is 0 Å². The summed E-state index contributed by atoms with van der Waals surface area (Å²) in [6.45, 7) is 1.96. The van der Waals surface area contributed by atoms with E-state index in [1.807, 2.05) is 25.1 Å². The lowest BCUT2D eigenvalue weighted by molar-refractivity contribution is -0.111. The highest BCUT2D eigenvalue weighted by Gasteiger charge is 2.06. The van der Waals surface area contributed by atoms with E-state index in [0.717, 1.165) is 21.3 Å². The second-order valence-electron chi connectivity index (χ2n) is 5.65. The fourth-order valence-electron chi connectivity index (χ4n) is 2.36. The highest BCUT2D eigenvalue weighted by Crippen LogP contribution is 2.29. The van der Waals surface area contributed by atoms with Crippen molar-refractivity contribution in [1.82, 2.24) is 0 Å². The first-order valence-corrected chi connectivity index (χ1v) is 9.27. The fourth-order valence-corrected chi connectivity index (χ4v) is 3.13. The number of benzene rings is 2. The Kier molecular flexibility index (Phi) is 5.87. The molecule has 0 unspecified atom stereocenters. The number of aryl methyl sites for hydroxylation is 1. The third-order valence-corrected chi connectivity index (χ3v) is 4.92. The van der Waals surface area contributed by atoms with Gasteiger partial charge >= 0.3 is 0 Å². The molecule has 1 amide bonds. The van der Waals surface area contributed by atoms with E-state index in [1.165, 1.54) is 6.08 Å². The van der Waals surface area contributed by atoms with Crippen molar-refractivity contribution in [1.29, 1.82) is 0 Å². The number of furan rings is 1. The first-order valence-electron chi connectivity index (χ1n) is 7.72. The Morgan fingerprint density at radius 2 is 1.81 bits per heavy atom. The molecule has 3 nitrogen and oxygen atoms in total. The zero-order valence-electron chi connectivity index (χ0n) is 13.7. The van der Waals surface area contributed by atoms with E-state index >= 15 is 0 Å². The van der Waals surface area contributed by atoms with Gasteiger partial charge in [0.2, 0.25) is 5.91 Å². The molecular formula is C20H14BrCl2NO2. The SMILES string of the molecule is Cc1cc(NC(=O)/C=C/c2ccc(-c3cc(Cl)cc(Cl)c3)o2)ccc1Br. The Hall–Kier alpha value is -2.01. The highest BCUT2D eigenvalue weighted by molar-refractivity contribution is 9.10. The summed E-state index contributed by atoms with van der Waals surface area (Å²) in [6.07, 6.45) is 3.03. The van der Waals surface area contributed by atoms with Crippen molar-refractivity contribution in [3.63, 3.8) is 0 Å². The van der Waals surface area contributed by atoms with Crippen LogP contribution in [0.25, 0.3) is 17.4 Å². The lowest BCUT2D eigenvalue weighted by atomic mass is 10.2. The predicted octanol–water partition coefficient (Wildman–Crippen LogP) is 6.98. The predicted molar refractivity (Wildman–Crippen MR) is 111 cm³/mol. The topological polar surface area (TPSA) is 42.2 Å². The monoisotopic (exact) mass is 449 g/mol. The van der Waals surface area contributed by atoms with Crippen molar-refractivity contribution < 1.29 is 9.21 Å². The molecule has 0 saturated heterocycles. The zero-order chi connectivity index (χ0) is 18.7. The summed E-state index contributed by atoms with van der Waals surface area (Å²) in [6, 6.07) is 14.4. The van der Waals surface area contributed by atoms with Crippen LogP contribution in [0.3, 0.4) is 0 Å². The third kappa shape index (κ3) is 4.79. The fraction of sp³-hybridized carbons (Fsp3) is 0.0500. The highest BCUT2D eigenvalue weighted by atomic mass is 79.9. The molecule has 2 aromatic carbocycles. The summed E-state index contributed by atoms with van der Waals surface area (Å²) >= 11 is 15.5. The van der Waals surface area contributed by atoms with Crippen LogP contribution in [0.1, 0.15) is 11.3 Å². The van der Waals surface area contributed by atoms with E-state index in [4.69, 9.17) is 27.6 Å². The van der Waals surface area contributed by atoms with Gasteiger partial charge in [0.05, 0.1) is 0 Å². The number of hydrogen-bond donors (Lipinski definition) is 1. The number of amides is 1. The molecule has 0 aliphatic rings. The number of carbonyl (C=O) groups is 1. The van der Waals surface area contributed by atoms with Crippen molar-refractivity contribution >= 4 is 56.8 Å². The van der Waals surface area contributed by atoms with Gasteiger partial charge in [-0.3, -0.25) is 4.79 Å². The van der Waals surface area contributed by atoms with Gasteiger partial charge in [-0.1, -0.05) is 39.1 Å². The molecular weight excluding hydrogens is 437 g/mol. The van der Waals surface area contributed by atoms with Crippen molar-refractivity contribution in [2.24, 2.45) is 0 Å². The number of nitrogens with one attached hydrogen (secondary N) is 1. The van der Waals surface area contributed by atoms with Gasteiger partial charge in [0.1, 0.15) is 11.5 Å². The summed E-state index contributed by atoms with van der Waals surface area (Å²) in [5, 5.41) is 3.88. The molecule has 1 N–H and O–H groups in total. The minimum Gasteiger partial charge on any atom is -0.457 e. The van der Waals surface area contributed by atoms with Crippen LogP contribution in [0.4, 0.5) is 5.69 Å². The Morgan fingerprint density at radius 1 is 1.08 bits per heavy atom. The van der Waals surface area contributed by atoms with Gasteiger partial charge in [-0.05, 0) is 67.1 Å². The Bertz CT molecular complexity index is 975. The van der Waals surface area contributed by atoms with E-state index < -0.39 is 0 Å². The molecule has 0 bridgehead atoms. The molecule has 0 aliphatic heterocycles. The maximum Gasteiger partial charge on any atom is 0.248 e. The molecule has 0 spiro atoms. The largest absolute Gasteiger partial charge is 0.457 e.